The van der Waals surface area contributed by atoms with Crippen LogP contribution in [0.15, 0.2) is 59.5 Å². The van der Waals surface area contributed by atoms with Gasteiger partial charge < -0.3 is 4.74 Å². The Labute approximate surface area is 161 Å². The number of hydrogen-bond donors (Lipinski definition) is 0. The first kappa shape index (κ1) is 18.2. The minimum atomic E-state index is -3.76. The number of aromatic nitrogens is 1. The van der Waals surface area contributed by atoms with Crippen molar-refractivity contribution in [3.8, 4) is 5.88 Å². The van der Waals surface area contributed by atoms with Crippen molar-refractivity contribution in [3.05, 3.63) is 65.4 Å². The van der Waals surface area contributed by atoms with Crippen LogP contribution in [0.5, 0.6) is 5.88 Å². The van der Waals surface area contributed by atoms with Gasteiger partial charge in [-0.1, -0.05) is 29.8 Å². The summed E-state index contributed by atoms with van der Waals surface area (Å²) in [6.07, 6.45) is 0.243. The van der Waals surface area contributed by atoms with E-state index in [2.05, 4.69) is 4.98 Å². The van der Waals surface area contributed by atoms with E-state index in [9.17, 15) is 12.8 Å². The Morgan fingerprint density at radius 3 is 2.78 bits per heavy atom. The number of nitrogens with zero attached hydrogens (tertiary/aromatic N) is 2. The minimum Gasteiger partial charge on any atom is -0.473 e. The number of sulfonamides is 1. The van der Waals surface area contributed by atoms with Gasteiger partial charge in [0.25, 0.3) is 0 Å². The fraction of sp³-hybridized carbons (Fsp3) is 0.211. The summed E-state index contributed by atoms with van der Waals surface area (Å²) in [5.41, 5.74) is 0.818. The van der Waals surface area contributed by atoms with Gasteiger partial charge in [-0.25, -0.2) is 17.8 Å². The molecule has 1 aromatic heterocycles. The smallest absolute Gasteiger partial charge is 0.243 e. The molecular weight excluding hydrogens is 391 g/mol. The molecule has 1 unspecified atom stereocenters. The topological polar surface area (TPSA) is 59.5 Å². The van der Waals surface area contributed by atoms with Gasteiger partial charge >= 0.3 is 0 Å². The van der Waals surface area contributed by atoms with Gasteiger partial charge in [-0.15, -0.1) is 0 Å². The van der Waals surface area contributed by atoms with Gasteiger partial charge in [0.05, 0.1) is 22.0 Å². The number of fused-ring (bicyclic) bond motifs is 1. The van der Waals surface area contributed by atoms with Crippen LogP contribution in [0.4, 0.5) is 4.39 Å². The highest BCUT2D eigenvalue weighted by molar-refractivity contribution is 7.89. The van der Waals surface area contributed by atoms with Crippen molar-refractivity contribution < 1.29 is 17.5 Å². The first-order chi connectivity index (χ1) is 12.9. The van der Waals surface area contributed by atoms with E-state index in [0.717, 1.165) is 23.0 Å². The molecule has 0 N–H and O–H groups in total. The third-order valence-corrected chi connectivity index (χ3v) is 6.65. The monoisotopic (exact) mass is 406 g/mol. The lowest BCUT2D eigenvalue weighted by Gasteiger charge is -2.17. The third-order valence-electron chi connectivity index (χ3n) is 4.50. The van der Waals surface area contributed by atoms with E-state index in [-0.39, 0.29) is 22.6 Å². The van der Waals surface area contributed by atoms with Crippen LogP contribution in [0, 0.1) is 5.82 Å². The van der Waals surface area contributed by atoms with Gasteiger partial charge in [-0.2, -0.15) is 4.31 Å². The van der Waals surface area contributed by atoms with Crippen molar-refractivity contribution >= 4 is 32.5 Å². The molecule has 0 saturated carbocycles. The zero-order valence-corrected chi connectivity index (χ0v) is 15.8. The molecule has 1 atom stereocenters. The zero-order valence-electron chi connectivity index (χ0n) is 14.2. The Morgan fingerprint density at radius 2 is 1.96 bits per heavy atom. The van der Waals surface area contributed by atoms with Crippen molar-refractivity contribution in [2.75, 3.05) is 13.1 Å². The van der Waals surface area contributed by atoms with Gasteiger partial charge in [-0.05, 0) is 36.8 Å². The van der Waals surface area contributed by atoms with Crippen molar-refractivity contribution in [3.63, 3.8) is 0 Å². The lowest BCUT2D eigenvalue weighted by molar-refractivity contribution is 0.207. The van der Waals surface area contributed by atoms with Crippen molar-refractivity contribution in [2.45, 2.75) is 17.4 Å². The predicted octanol–water partition coefficient (Wildman–Crippen LogP) is 3.87. The summed E-state index contributed by atoms with van der Waals surface area (Å²) in [6, 6.07) is 14.8. The molecule has 4 rings (SSSR count). The number of pyridine rings is 1. The number of rotatable bonds is 4. The first-order valence-electron chi connectivity index (χ1n) is 8.41. The van der Waals surface area contributed by atoms with Gasteiger partial charge in [0.15, 0.2) is 0 Å². The molecule has 1 aliphatic rings. The largest absolute Gasteiger partial charge is 0.473 e. The highest BCUT2D eigenvalue weighted by atomic mass is 35.5. The van der Waals surface area contributed by atoms with Crippen LogP contribution in [-0.2, 0) is 10.0 Å². The average Bonchev–Trinajstić information content (AvgIpc) is 3.13. The first-order valence-corrected chi connectivity index (χ1v) is 10.2. The summed E-state index contributed by atoms with van der Waals surface area (Å²) in [5, 5.41) is 0.789. The quantitative estimate of drug-likeness (QED) is 0.660. The number of benzene rings is 2. The van der Waals surface area contributed by atoms with Crippen molar-refractivity contribution in [1.29, 1.82) is 0 Å². The summed E-state index contributed by atoms with van der Waals surface area (Å²) in [5.74, 6) is -0.191. The molecule has 3 aromatic rings. The summed E-state index contributed by atoms with van der Waals surface area (Å²) in [6.45, 7) is 0.515. The van der Waals surface area contributed by atoms with E-state index in [1.807, 2.05) is 30.3 Å². The number of halogens is 2. The molecule has 0 radical (unpaired) electrons. The molecule has 0 amide bonds. The second-order valence-corrected chi connectivity index (χ2v) is 8.65. The zero-order chi connectivity index (χ0) is 19.0. The highest BCUT2D eigenvalue weighted by Gasteiger charge is 2.34. The van der Waals surface area contributed by atoms with Crippen LogP contribution >= 0.6 is 11.6 Å². The predicted molar refractivity (Wildman–Crippen MR) is 101 cm³/mol. The van der Waals surface area contributed by atoms with Crippen LogP contribution in [0.2, 0.25) is 5.02 Å². The van der Waals surface area contributed by atoms with Crippen molar-refractivity contribution in [1.82, 2.24) is 9.29 Å². The van der Waals surface area contributed by atoms with Crippen LogP contribution in [0.3, 0.4) is 0 Å². The molecule has 5 nitrogen and oxygen atoms in total. The van der Waals surface area contributed by atoms with E-state index in [1.165, 1.54) is 10.4 Å². The summed E-state index contributed by atoms with van der Waals surface area (Å²) < 4.78 is 46.0. The molecule has 1 fully saturated rings. The molecule has 2 heterocycles. The average molecular weight is 407 g/mol. The van der Waals surface area contributed by atoms with Crippen LogP contribution in [0.1, 0.15) is 6.42 Å². The van der Waals surface area contributed by atoms with Crippen molar-refractivity contribution in [2.24, 2.45) is 0 Å². The highest BCUT2D eigenvalue weighted by Crippen LogP contribution is 2.27. The number of para-hydroxylation sites is 1. The Hall–Kier alpha value is -2.22. The maximum Gasteiger partial charge on any atom is 0.243 e. The fourth-order valence-electron chi connectivity index (χ4n) is 3.08. The Bertz CT molecular complexity index is 1110. The van der Waals surface area contributed by atoms with Gasteiger partial charge in [0.2, 0.25) is 15.9 Å². The molecule has 0 aliphatic carbocycles. The third kappa shape index (κ3) is 3.63. The normalized spacial score (nSPS) is 18.1. The standard InChI is InChI=1S/C19H16ClFN2O3S/c20-16-11-15(6-7-17(16)21)27(24,25)23-10-9-14(12-23)26-19-8-5-13-3-1-2-4-18(13)22-19/h1-8,11,14H,9-10,12H2. The number of hydrogen-bond acceptors (Lipinski definition) is 4. The molecular formula is C19H16ClFN2O3S. The van der Waals surface area contributed by atoms with Crippen LogP contribution in [-0.4, -0.2) is 36.9 Å². The van der Waals surface area contributed by atoms with Gasteiger partial charge in [0.1, 0.15) is 11.9 Å². The van der Waals surface area contributed by atoms with Crippen LogP contribution < -0.4 is 4.74 Å². The van der Waals surface area contributed by atoms with E-state index in [0.29, 0.717) is 18.8 Å². The molecule has 27 heavy (non-hydrogen) atoms. The molecule has 2 aromatic carbocycles. The summed E-state index contributed by atoms with van der Waals surface area (Å²) >= 11 is 5.72. The van der Waals surface area contributed by atoms with E-state index < -0.39 is 15.8 Å². The lowest BCUT2D eigenvalue weighted by Crippen LogP contribution is -2.31. The van der Waals surface area contributed by atoms with E-state index >= 15 is 0 Å². The molecule has 1 aliphatic heterocycles. The second kappa shape index (κ2) is 7.07. The Kier molecular flexibility index (Phi) is 4.75. The van der Waals surface area contributed by atoms with Crippen LogP contribution in [0.25, 0.3) is 10.9 Å². The Morgan fingerprint density at radius 1 is 1.15 bits per heavy atom. The molecule has 1 saturated heterocycles. The van der Waals surface area contributed by atoms with E-state index in [4.69, 9.17) is 16.3 Å². The maximum atomic E-state index is 13.3. The SMILES string of the molecule is O=S(=O)(c1ccc(F)c(Cl)c1)N1CCC(Oc2ccc3ccccc3n2)C1. The second-order valence-electron chi connectivity index (χ2n) is 6.31. The summed E-state index contributed by atoms with van der Waals surface area (Å²) in [4.78, 5) is 4.43. The molecule has 8 heteroatoms. The van der Waals surface area contributed by atoms with Gasteiger partial charge in [0, 0.05) is 18.0 Å². The summed E-state index contributed by atoms with van der Waals surface area (Å²) in [7, 11) is -3.76. The molecule has 0 bridgehead atoms. The Balaban J connectivity index is 1.49. The number of ether oxygens (including phenoxy) is 1. The molecule has 0 spiro atoms. The maximum absolute atomic E-state index is 13.3. The minimum absolute atomic E-state index is 0.0293. The lowest BCUT2D eigenvalue weighted by atomic mass is 10.2. The van der Waals surface area contributed by atoms with Gasteiger partial charge in [-0.3, -0.25) is 0 Å². The molecule has 140 valence electrons. The van der Waals surface area contributed by atoms with E-state index in [1.54, 1.807) is 6.07 Å². The fourth-order valence-corrected chi connectivity index (χ4v) is 4.84.